The van der Waals surface area contributed by atoms with Gasteiger partial charge in [-0.25, -0.2) is 0 Å². The normalized spacial score (nSPS) is 15.6. The molecule has 0 radical (unpaired) electrons. The number of nitrogens with zero attached hydrogens (tertiary/aromatic N) is 3. The number of aryl methyl sites for hydroxylation is 1. The molecule has 2 heterocycles. The van der Waals surface area contributed by atoms with E-state index in [0.717, 1.165) is 5.69 Å². The molecule has 0 aliphatic carbocycles. The fraction of sp³-hybridized carbons (Fsp3) is 0.417. The first-order valence-corrected chi connectivity index (χ1v) is 5.99. The summed E-state index contributed by atoms with van der Waals surface area (Å²) in [7, 11) is 1.73. The minimum Gasteiger partial charge on any atom is -0.342 e. The van der Waals surface area contributed by atoms with Gasteiger partial charge in [-0.05, 0) is 13.0 Å². The number of piperazine rings is 1. The summed E-state index contributed by atoms with van der Waals surface area (Å²) in [5.74, 6) is 5.11. The van der Waals surface area contributed by atoms with E-state index in [1.165, 1.54) is 11.1 Å². The smallest absolute Gasteiger partial charge is 0.258 e. The molecule has 1 saturated heterocycles. The molecular weight excluding hydrogens is 246 g/mol. The highest BCUT2D eigenvalue weighted by atomic mass is 16.2. The highest BCUT2D eigenvalue weighted by Crippen LogP contribution is 2.17. The minimum absolute atomic E-state index is 0.0677. The number of pyridine rings is 1. The van der Waals surface area contributed by atoms with E-state index in [-0.39, 0.29) is 18.4 Å². The van der Waals surface area contributed by atoms with Crippen LogP contribution in [0, 0.1) is 6.92 Å². The molecule has 1 aliphatic heterocycles. The van der Waals surface area contributed by atoms with E-state index in [1.54, 1.807) is 18.0 Å². The van der Waals surface area contributed by atoms with Crippen molar-refractivity contribution in [1.29, 1.82) is 0 Å². The van der Waals surface area contributed by atoms with Crippen LogP contribution in [0.4, 0.5) is 5.69 Å². The first-order chi connectivity index (χ1) is 9.02. The molecular formula is C12H17N5O2. The average Bonchev–Trinajstić information content (AvgIpc) is 2.41. The predicted octanol–water partition coefficient (Wildman–Crippen LogP) is -0.410. The third kappa shape index (κ3) is 2.65. The quantitative estimate of drug-likeness (QED) is 0.559. The zero-order chi connectivity index (χ0) is 14.0. The van der Waals surface area contributed by atoms with Crippen LogP contribution < -0.4 is 11.3 Å². The van der Waals surface area contributed by atoms with E-state index in [4.69, 9.17) is 5.84 Å². The fourth-order valence-electron chi connectivity index (χ4n) is 1.95. The fourth-order valence-corrected chi connectivity index (χ4v) is 1.95. The number of nitrogens with two attached hydrogens (primary N) is 1. The topological polar surface area (TPSA) is 91.6 Å². The number of hydrogen-bond donors (Lipinski definition) is 2. The summed E-state index contributed by atoms with van der Waals surface area (Å²) >= 11 is 0. The summed E-state index contributed by atoms with van der Waals surface area (Å²) in [5.41, 5.74) is 4.15. The molecule has 2 amide bonds. The maximum Gasteiger partial charge on any atom is 0.258 e. The second-order valence-electron chi connectivity index (χ2n) is 4.56. The lowest BCUT2D eigenvalue weighted by atomic mass is 10.1. The summed E-state index contributed by atoms with van der Waals surface area (Å²) in [6, 6.07) is 1.70. The van der Waals surface area contributed by atoms with Gasteiger partial charge >= 0.3 is 0 Å². The summed E-state index contributed by atoms with van der Waals surface area (Å²) in [6.45, 7) is 2.95. The van der Waals surface area contributed by atoms with Crippen LogP contribution in [-0.4, -0.2) is 53.3 Å². The van der Waals surface area contributed by atoms with Gasteiger partial charge in [0.2, 0.25) is 5.91 Å². The van der Waals surface area contributed by atoms with Gasteiger partial charge in [0.1, 0.15) is 6.54 Å². The molecule has 0 aromatic carbocycles. The number of hydrazine groups is 1. The second-order valence-corrected chi connectivity index (χ2v) is 4.56. The van der Waals surface area contributed by atoms with E-state index in [1.807, 2.05) is 6.92 Å². The van der Waals surface area contributed by atoms with Gasteiger partial charge in [-0.1, -0.05) is 0 Å². The predicted molar refractivity (Wildman–Crippen MR) is 70.3 cm³/mol. The van der Waals surface area contributed by atoms with Gasteiger partial charge < -0.3 is 15.2 Å². The summed E-state index contributed by atoms with van der Waals surface area (Å²) in [6.07, 6.45) is 1.48. The number of likely N-dealkylation sites (N-methyl/N-ethyl adjacent to an activating group) is 1. The van der Waals surface area contributed by atoms with Crippen LogP contribution in [0.5, 0.6) is 0 Å². The van der Waals surface area contributed by atoms with Crippen LogP contribution in [0.2, 0.25) is 0 Å². The van der Waals surface area contributed by atoms with E-state index < -0.39 is 0 Å². The Bertz CT molecular complexity index is 517. The molecule has 2 rings (SSSR count). The second kappa shape index (κ2) is 5.23. The van der Waals surface area contributed by atoms with Crippen molar-refractivity contribution >= 4 is 17.5 Å². The van der Waals surface area contributed by atoms with Gasteiger partial charge in [0.15, 0.2) is 0 Å². The van der Waals surface area contributed by atoms with E-state index in [2.05, 4.69) is 10.4 Å². The van der Waals surface area contributed by atoms with Gasteiger partial charge in [-0.3, -0.25) is 20.4 Å². The van der Waals surface area contributed by atoms with E-state index in [9.17, 15) is 9.59 Å². The first kappa shape index (κ1) is 13.3. The maximum absolute atomic E-state index is 12.4. The Hall–Kier alpha value is -2.15. The zero-order valence-corrected chi connectivity index (χ0v) is 11.0. The number of amides is 2. The molecule has 1 aliphatic rings. The molecule has 19 heavy (non-hydrogen) atoms. The number of hydrogen-bond acceptors (Lipinski definition) is 5. The van der Waals surface area contributed by atoms with Gasteiger partial charge in [0.25, 0.3) is 5.91 Å². The number of nitrogens with one attached hydrogen (secondary N) is 1. The Kier molecular flexibility index (Phi) is 3.66. The molecule has 0 spiro atoms. The van der Waals surface area contributed by atoms with Crippen molar-refractivity contribution in [2.45, 2.75) is 6.92 Å². The summed E-state index contributed by atoms with van der Waals surface area (Å²) in [5, 5.41) is 0. The van der Waals surface area contributed by atoms with Crippen molar-refractivity contribution in [3.8, 4) is 0 Å². The Morgan fingerprint density at radius 1 is 1.47 bits per heavy atom. The molecule has 1 aromatic heterocycles. The van der Waals surface area contributed by atoms with E-state index in [0.29, 0.717) is 24.3 Å². The summed E-state index contributed by atoms with van der Waals surface area (Å²) < 4.78 is 0. The van der Waals surface area contributed by atoms with Crippen molar-refractivity contribution in [3.05, 3.63) is 23.5 Å². The van der Waals surface area contributed by atoms with Crippen LogP contribution >= 0.6 is 0 Å². The Morgan fingerprint density at radius 3 is 2.84 bits per heavy atom. The molecule has 102 valence electrons. The Balaban J connectivity index is 2.22. The molecule has 0 unspecified atom stereocenters. The lowest BCUT2D eigenvalue weighted by Crippen LogP contribution is -2.50. The zero-order valence-electron chi connectivity index (χ0n) is 11.0. The van der Waals surface area contributed by atoms with Crippen LogP contribution in [0.3, 0.4) is 0 Å². The molecule has 7 nitrogen and oxygen atoms in total. The van der Waals surface area contributed by atoms with E-state index >= 15 is 0 Å². The number of nitrogen functional groups attached to an aromatic ring is 1. The van der Waals surface area contributed by atoms with Crippen molar-refractivity contribution in [2.75, 3.05) is 32.1 Å². The van der Waals surface area contributed by atoms with Crippen LogP contribution in [0.15, 0.2) is 12.3 Å². The van der Waals surface area contributed by atoms with Crippen molar-refractivity contribution in [1.82, 2.24) is 14.8 Å². The number of aromatic nitrogens is 1. The number of carbonyl (C=O) groups excluding carboxylic acids is 2. The molecule has 0 atom stereocenters. The lowest BCUT2D eigenvalue weighted by molar-refractivity contribution is -0.133. The third-order valence-corrected chi connectivity index (χ3v) is 3.17. The number of rotatable bonds is 2. The molecule has 1 fully saturated rings. The van der Waals surface area contributed by atoms with Crippen molar-refractivity contribution in [3.63, 3.8) is 0 Å². The van der Waals surface area contributed by atoms with Crippen LogP contribution in [0.25, 0.3) is 0 Å². The van der Waals surface area contributed by atoms with Gasteiger partial charge in [0.05, 0.1) is 11.3 Å². The van der Waals surface area contributed by atoms with Gasteiger partial charge in [-0.15, -0.1) is 0 Å². The maximum atomic E-state index is 12.4. The molecule has 7 heteroatoms. The number of carbonyl (C=O) groups is 2. The van der Waals surface area contributed by atoms with Crippen LogP contribution in [-0.2, 0) is 4.79 Å². The van der Waals surface area contributed by atoms with Gasteiger partial charge in [0, 0.05) is 32.0 Å². The van der Waals surface area contributed by atoms with Crippen molar-refractivity contribution in [2.24, 2.45) is 5.84 Å². The minimum atomic E-state index is -0.234. The highest BCUT2D eigenvalue weighted by Gasteiger charge is 2.27. The lowest BCUT2D eigenvalue weighted by Gasteiger charge is -2.32. The third-order valence-electron chi connectivity index (χ3n) is 3.17. The first-order valence-electron chi connectivity index (χ1n) is 5.99. The number of anilines is 1. The van der Waals surface area contributed by atoms with Gasteiger partial charge in [-0.2, -0.15) is 0 Å². The van der Waals surface area contributed by atoms with Crippen LogP contribution in [0.1, 0.15) is 16.1 Å². The largest absolute Gasteiger partial charge is 0.342 e. The molecule has 0 saturated carbocycles. The summed E-state index contributed by atoms with van der Waals surface area (Å²) in [4.78, 5) is 31.2. The van der Waals surface area contributed by atoms with Crippen molar-refractivity contribution < 1.29 is 9.59 Å². The Morgan fingerprint density at radius 2 is 2.21 bits per heavy atom. The SMILES string of the molecule is Cc1cc(NN)c(C(=O)N2CCN(C)C(=O)C2)cn1. The average molecular weight is 263 g/mol. The molecule has 1 aromatic rings. The highest BCUT2D eigenvalue weighted by molar-refractivity contribution is 6.01. The molecule has 0 bridgehead atoms. The standard InChI is InChI=1S/C12H17N5O2/c1-8-5-10(15-13)9(6-14-8)12(19)17-4-3-16(2)11(18)7-17/h5-6H,3-4,7,13H2,1-2H3,(H,14,15). The monoisotopic (exact) mass is 263 g/mol. The Labute approximate surface area is 111 Å². The molecule has 3 N–H and O–H groups in total.